The summed E-state index contributed by atoms with van der Waals surface area (Å²) in [6.45, 7) is 5.52. The molecule has 0 bridgehead atoms. The number of aliphatic hydroxyl groups is 1. The summed E-state index contributed by atoms with van der Waals surface area (Å²) in [5.74, 6) is 0.499. The fourth-order valence-electron chi connectivity index (χ4n) is 1.90. The molecular formula is C11H18N2OS. The molecule has 1 aromatic rings. The summed E-state index contributed by atoms with van der Waals surface area (Å²) in [7, 11) is 0. The van der Waals surface area contributed by atoms with Crippen molar-refractivity contribution in [2.24, 2.45) is 5.92 Å². The molecule has 0 aliphatic carbocycles. The number of nitrogens with zero attached hydrogens (tertiary/aromatic N) is 2. The van der Waals surface area contributed by atoms with Crippen molar-refractivity contribution in [2.45, 2.75) is 26.3 Å². The van der Waals surface area contributed by atoms with Crippen LogP contribution in [0.1, 0.15) is 24.0 Å². The molecule has 0 saturated carbocycles. The van der Waals surface area contributed by atoms with Gasteiger partial charge in [0.25, 0.3) is 0 Å². The van der Waals surface area contributed by atoms with Gasteiger partial charge in [-0.25, -0.2) is 4.98 Å². The molecule has 15 heavy (non-hydrogen) atoms. The van der Waals surface area contributed by atoms with Gasteiger partial charge in [0.1, 0.15) is 0 Å². The standard InChI is InChI=1S/C11H18N2OS/c1-2-3-11-12-10(8-15-11)6-13-4-9(5-13)7-14/h8-9,14H,2-7H2,1H3. The first-order chi connectivity index (χ1) is 7.31. The summed E-state index contributed by atoms with van der Waals surface area (Å²) >= 11 is 1.77. The van der Waals surface area contributed by atoms with Crippen LogP contribution in [0.5, 0.6) is 0 Å². The third kappa shape index (κ3) is 2.77. The highest BCUT2D eigenvalue weighted by Gasteiger charge is 2.25. The summed E-state index contributed by atoms with van der Waals surface area (Å²) in [5, 5.41) is 12.3. The molecule has 1 aliphatic heterocycles. The largest absolute Gasteiger partial charge is 0.396 e. The van der Waals surface area contributed by atoms with Gasteiger partial charge in [-0.2, -0.15) is 0 Å². The van der Waals surface area contributed by atoms with E-state index < -0.39 is 0 Å². The molecule has 3 nitrogen and oxygen atoms in total. The van der Waals surface area contributed by atoms with Crippen molar-refractivity contribution < 1.29 is 5.11 Å². The van der Waals surface area contributed by atoms with Gasteiger partial charge < -0.3 is 5.11 Å². The van der Waals surface area contributed by atoms with Crippen molar-refractivity contribution in [2.75, 3.05) is 19.7 Å². The highest BCUT2D eigenvalue weighted by Crippen LogP contribution is 2.19. The Bertz CT molecular complexity index is 307. The Hall–Kier alpha value is -0.450. The van der Waals surface area contributed by atoms with E-state index in [4.69, 9.17) is 5.11 Å². The van der Waals surface area contributed by atoms with Gasteiger partial charge in [-0.15, -0.1) is 11.3 Å². The predicted molar refractivity (Wildman–Crippen MR) is 62.0 cm³/mol. The average molecular weight is 226 g/mol. The third-order valence-corrected chi connectivity index (χ3v) is 3.70. The second-order valence-corrected chi connectivity index (χ2v) is 5.17. The van der Waals surface area contributed by atoms with Gasteiger partial charge >= 0.3 is 0 Å². The highest BCUT2D eigenvalue weighted by molar-refractivity contribution is 7.09. The zero-order chi connectivity index (χ0) is 10.7. The predicted octanol–water partition coefficient (Wildman–Crippen LogP) is 1.52. The maximum Gasteiger partial charge on any atom is 0.0928 e. The SMILES string of the molecule is CCCc1nc(CN2CC(CO)C2)cs1. The van der Waals surface area contributed by atoms with Crippen molar-refractivity contribution in [3.8, 4) is 0 Å². The lowest BCUT2D eigenvalue weighted by Crippen LogP contribution is -2.47. The second-order valence-electron chi connectivity index (χ2n) is 4.23. The minimum Gasteiger partial charge on any atom is -0.396 e. The quantitative estimate of drug-likeness (QED) is 0.827. The number of aromatic nitrogens is 1. The van der Waals surface area contributed by atoms with Gasteiger partial charge in [0.15, 0.2) is 0 Å². The molecule has 0 amide bonds. The van der Waals surface area contributed by atoms with E-state index in [1.165, 1.54) is 17.1 Å². The van der Waals surface area contributed by atoms with E-state index in [9.17, 15) is 0 Å². The monoisotopic (exact) mass is 226 g/mol. The molecular weight excluding hydrogens is 208 g/mol. The van der Waals surface area contributed by atoms with Crippen LogP contribution >= 0.6 is 11.3 Å². The first kappa shape index (κ1) is 11.0. The molecule has 1 fully saturated rings. The van der Waals surface area contributed by atoms with Gasteiger partial charge in [-0.1, -0.05) is 6.92 Å². The van der Waals surface area contributed by atoms with Crippen LogP contribution in [0.2, 0.25) is 0 Å². The van der Waals surface area contributed by atoms with E-state index in [2.05, 4.69) is 22.2 Å². The molecule has 0 unspecified atom stereocenters. The number of hydrogen-bond acceptors (Lipinski definition) is 4. The number of aliphatic hydroxyl groups excluding tert-OH is 1. The van der Waals surface area contributed by atoms with E-state index in [0.717, 1.165) is 26.1 Å². The summed E-state index contributed by atoms with van der Waals surface area (Å²) in [6.07, 6.45) is 2.27. The number of thiazole rings is 1. The van der Waals surface area contributed by atoms with E-state index in [0.29, 0.717) is 12.5 Å². The van der Waals surface area contributed by atoms with Gasteiger partial charge in [0.2, 0.25) is 0 Å². The summed E-state index contributed by atoms with van der Waals surface area (Å²) in [6, 6.07) is 0. The Labute approximate surface area is 94.8 Å². The van der Waals surface area contributed by atoms with Crippen LogP contribution in [0.15, 0.2) is 5.38 Å². The summed E-state index contributed by atoms with van der Waals surface area (Å²) < 4.78 is 0. The molecule has 2 heterocycles. The average Bonchev–Trinajstić information content (AvgIpc) is 2.59. The zero-order valence-electron chi connectivity index (χ0n) is 9.15. The first-order valence-electron chi connectivity index (χ1n) is 5.58. The van der Waals surface area contributed by atoms with Crippen LogP contribution in [0.3, 0.4) is 0 Å². The van der Waals surface area contributed by atoms with Crippen LogP contribution in [0.25, 0.3) is 0 Å². The summed E-state index contributed by atoms with van der Waals surface area (Å²) in [4.78, 5) is 6.93. The van der Waals surface area contributed by atoms with Crippen LogP contribution in [-0.4, -0.2) is 34.7 Å². The van der Waals surface area contributed by atoms with Crippen molar-refractivity contribution >= 4 is 11.3 Å². The second kappa shape index (κ2) is 5.05. The fraction of sp³-hybridized carbons (Fsp3) is 0.727. The van der Waals surface area contributed by atoms with Gasteiger partial charge in [-0.05, 0) is 12.8 Å². The van der Waals surface area contributed by atoms with E-state index in [-0.39, 0.29) is 0 Å². The zero-order valence-corrected chi connectivity index (χ0v) is 9.96. The maximum atomic E-state index is 8.90. The summed E-state index contributed by atoms with van der Waals surface area (Å²) in [5.41, 5.74) is 1.19. The maximum absolute atomic E-state index is 8.90. The number of aryl methyl sites for hydroxylation is 1. The van der Waals surface area contributed by atoms with Crippen molar-refractivity contribution in [1.82, 2.24) is 9.88 Å². The molecule has 0 aromatic carbocycles. The molecule has 0 spiro atoms. The molecule has 1 saturated heterocycles. The Morgan fingerprint density at radius 1 is 1.60 bits per heavy atom. The minimum atomic E-state index is 0.328. The lowest BCUT2D eigenvalue weighted by molar-refractivity contribution is 0.0471. The molecule has 2 rings (SSSR count). The van der Waals surface area contributed by atoms with Crippen LogP contribution < -0.4 is 0 Å². The van der Waals surface area contributed by atoms with Gasteiger partial charge in [-0.3, -0.25) is 4.90 Å². The normalized spacial score (nSPS) is 18.0. The molecule has 4 heteroatoms. The Morgan fingerprint density at radius 2 is 2.40 bits per heavy atom. The van der Waals surface area contributed by atoms with Crippen LogP contribution in [0, 0.1) is 5.92 Å². The van der Waals surface area contributed by atoms with Gasteiger partial charge in [0, 0.05) is 37.5 Å². The van der Waals surface area contributed by atoms with E-state index in [1.807, 2.05) is 0 Å². The molecule has 1 aliphatic rings. The Morgan fingerprint density at radius 3 is 3.07 bits per heavy atom. The lowest BCUT2D eigenvalue weighted by atomic mass is 10.0. The molecule has 1 N–H and O–H groups in total. The highest BCUT2D eigenvalue weighted by atomic mass is 32.1. The van der Waals surface area contributed by atoms with Crippen molar-refractivity contribution in [3.05, 3.63) is 16.1 Å². The van der Waals surface area contributed by atoms with Crippen LogP contribution in [0.4, 0.5) is 0 Å². The Kier molecular flexibility index (Phi) is 3.72. The van der Waals surface area contributed by atoms with E-state index in [1.54, 1.807) is 11.3 Å². The number of likely N-dealkylation sites (tertiary alicyclic amines) is 1. The first-order valence-corrected chi connectivity index (χ1v) is 6.46. The number of hydrogen-bond donors (Lipinski definition) is 1. The van der Waals surface area contributed by atoms with Gasteiger partial charge in [0.05, 0.1) is 10.7 Å². The smallest absolute Gasteiger partial charge is 0.0928 e. The van der Waals surface area contributed by atoms with Crippen molar-refractivity contribution in [1.29, 1.82) is 0 Å². The van der Waals surface area contributed by atoms with Crippen molar-refractivity contribution in [3.63, 3.8) is 0 Å². The molecule has 0 atom stereocenters. The van der Waals surface area contributed by atoms with Crippen LogP contribution in [-0.2, 0) is 13.0 Å². The molecule has 1 aromatic heterocycles. The minimum absolute atomic E-state index is 0.328. The van der Waals surface area contributed by atoms with E-state index >= 15 is 0 Å². The molecule has 0 radical (unpaired) electrons. The number of rotatable bonds is 5. The topological polar surface area (TPSA) is 36.4 Å². The lowest BCUT2D eigenvalue weighted by Gasteiger charge is -2.37. The molecule has 84 valence electrons. The third-order valence-electron chi connectivity index (χ3n) is 2.74. The Balaban J connectivity index is 1.79. The fourth-order valence-corrected chi connectivity index (χ4v) is 2.79.